The van der Waals surface area contributed by atoms with E-state index in [0.717, 1.165) is 5.56 Å². The molecular formula is C18H20N2O5. The molecule has 132 valence electrons. The topological polar surface area (TPSA) is 87.2 Å². The Morgan fingerprint density at radius 3 is 2.84 bits per heavy atom. The molecule has 3 aliphatic rings. The fraction of sp³-hybridized carbons (Fsp3) is 0.500. The zero-order chi connectivity index (χ0) is 17.6. The second kappa shape index (κ2) is 5.84. The Morgan fingerprint density at radius 2 is 2.12 bits per heavy atom. The van der Waals surface area contributed by atoms with Crippen molar-refractivity contribution in [2.24, 2.45) is 11.3 Å². The molecule has 2 amide bonds. The van der Waals surface area contributed by atoms with Crippen LogP contribution in [-0.2, 0) is 20.9 Å². The summed E-state index contributed by atoms with van der Waals surface area (Å²) in [7, 11) is 0. The van der Waals surface area contributed by atoms with Crippen LogP contribution < -0.4 is 0 Å². The van der Waals surface area contributed by atoms with Crippen molar-refractivity contribution >= 4 is 17.8 Å². The quantitative estimate of drug-likeness (QED) is 0.867. The van der Waals surface area contributed by atoms with Crippen molar-refractivity contribution in [2.45, 2.75) is 13.0 Å². The summed E-state index contributed by atoms with van der Waals surface area (Å²) in [6.07, 6.45) is 0.421. The van der Waals surface area contributed by atoms with Gasteiger partial charge < -0.3 is 19.6 Å². The molecule has 7 nitrogen and oxygen atoms in total. The molecule has 0 radical (unpaired) electrons. The molecule has 0 aliphatic carbocycles. The fourth-order valence-electron chi connectivity index (χ4n) is 4.20. The van der Waals surface area contributed by atoms with Gasteiger partial charge in [0.1, 0.15) is 6.54 Å². The minimum atomic E-state index is -0.911. The van der Waals surface area contributed by atoms with Gasteiger partial charge in [-0.1, -0.05) is 18.2 Å². The minimum Gasteiger partial charge on any atom is -0.481 e. The van der Waals surface area contributed by atoms with Gasteiger partial charge in [0.05, 0.1) is 12.0 Å². The van der Waals surface area contributed by atoms with Crippen LogP contribution in [0.25, 0.3) is 0 Å². The predicted molar refractivity (Wildman–Crippen MR) is 86.8 cm³/mol. The Balaban J connectivity index is 1.46. The molecule has 0 aromatic heterocycles. The van der Waals surface area contributed by atoms with Gasteiger partial charge in [-0.15, -0.1) is 0 Å². The maximum Gasteiger partial charge on any atom is 0.311 e. The van der Waals surface area contributed by atoms with Gasteiger partial charge in [0.25, 0.3) is 5.91 Å². The van der Waals surface area contributed by atoms with Crippen molar-refractivity contribution < 1.29 is 24.2 Å². The van der Waals surface area contributed by atoms with E-state index in [1.807, 2.05) is 18.2 Å². The summed E-state index contributed by atoms with van der Waals surface area (Å²) in [5, 5.41) is 9.69. The van der Waals surface area contributed by atoms with E-state index >= 15 is 0 Å². The molecule has 2 atom stereocenters. The lowest BCUT2D eigenvalue weighted by Crippen LogP contribution is -2.45. The first-order valence-corrected chi connectivity index (χ1v) is 8.47. The second-order valence-electron chi connectivity index (χ2n) is 7.08. The molecule has 1 N–H and O–H groups in total. The van der Waals surface area contributed by atoms with Crippen molar-refractivity contribution in [3.63, 3.8) is 0 Å². The lowest BCUT2D eigenvalue weighted by Gasteiger charge is -2.33. The zero-order valence-corrected chi connectivity index (χ0v) is 13.8. The summed E-state index contributed by atoms with van der Waals surface area (Å²) in [5.74, 6) is -1.39. The van der Waals surface area contributed by atoms with E-state index in [2.05, 4.69) is 0 Å². The third-order valence-corrected chi connectivity index (χ3v) is 5.71. The maximum atomic E-state index is 12.7. The minimum absolute atomic E-state index is 0.0171. The van der Waals surface area contributed by atoms with Crippen LogP contribution in [0.15, 0.2) is 24.3 Å². The Labute approximate surface area is 145 Å². The average molecular weight is 344 g/mol. The third-order valence-electron chi connectivity index (χ3n) is 5.71. The molecule has 25 heavy (non-hydrogen) atoms. The molecule has 3 heterocycles. The summed E-state index contributed by atoms with van der Waals surface area (Å²) in [6.45, 7) is 1.75. The van der Waals surface area contributed by atoms with E-state index in [0.29, 0.717) is 38.3 Å². The van der Waals surface area contributed by atoms with E-state index in [4.69, 9.17) is 4.74 Å². The highest BCUT2D eigenvalue weighted by atomic mass is 16.5. The first-order valence-electron chi connectivity index (χ1n) is 8.47. The van der Waals surface area contributed by atoms with Gasteiger partial charge in [0, 0.05) is 37.7 Å². The Morgan fingerprint density at radius 1 is 1.32 bits per heavy atom. The van der Waals surface area contributed by atoms with Crippen molar-refractivity contribution in [2.75, 3.05) is 32.8 Å². The number of carboxylic acid groups (broad SMARTS) is 1. The molecule has 0 saturated carbocycles. The van der Waals surface area contributed by atoms with Crippen LogP contribution in [-0.4, -0.2) is 65.5 Å². The third kappa shape index (κ3) is 2.50. The molecule has 0 bridgehead atoms. The number of benzene rings is 1. The number of nitrogens with zero attached hydrogens (tertiary/aromatic N) is 2. The first-order chi connectivity index (χ1) is 12.0. The summed E-state index contributed by atoms with van der Waals surface area (Å²) in [4.78, 5) is 40.0. The Hall–Kier alpha value is -2.41. The van der Waals surface area contributed by atoms with Crippen LogP contribution in [0.5, 0.6) is 0 Å². The maximum absolute atomic E-state index is 12.7. The zero-order valence-electron chi connectivity index (χ0n) is 13.8. The molecule has 1 aromatic rings. The number of amides is 2. The van der Waals surface area contributed by atoms with Gasteiger partial charge >= 0.3 is 5.97 Å². The standard InChI is InChI=1S/C18H20N2O5/c21-15(9-19-7-12-3-1-2-4-14(12)16(19)22)20-8-13-10-25-6-5-18(13,11-20)17(23)24/h1-4,13H,5-11H2,(H,23,24)/t13-,18+/m0/s1. The molecule has 7 heteroatoms. The Bertz CT molecular complexity index is 749. The fourth-order valence-corrected chi connectivity index (χ4v) is 4.20. The molecule has 0 spiro atoms. The molecule has 3 aliphatic heterocycles. The number of rotatable bonds is 3. The molecule has 4 rings (SSSR count). The van der Waals surface area contributed by atoms with Crippen molar-refractivity contribution in [3.05, 3.63) is 35.4 Å². The lowest BCUT2D eigenvalue weighted by molar-refractivity contribution is -0.157. The molecule has 0 unspecified atom stereocenters. The summed E-state index contributed by atoms with van der Waals surface area (Å²) < 4.78 is 5.41. The van der Waals surface area contributed by atoms with Gasteiger partial charge in [-0.2, -0.15) is 0 Å². The number of likely N-dealkylation sites (tertiary alicyclic amines) is 1. The van der Waals surface area contributed by atoms with E-state index in [1.54, 1.807) is 11.0 Å². The lowest BCUT2D eigenvalue weighted by atomic mass is 9.74. The van der Waals surface area contributed by atoms with Crippen molar-refractivity contribution in [3.8, 4) is 0 Å². The van der Waals surface area contributed by atoms with Crippen LogP contribution in [0.1, 0.15) is 22.3 Å². The van der Waals surface area contributed by atoms with E-state index < -0.39 is 11.4 Å². The highest BCUT2D eigenvalue weighted by molar-refractivity contribution is 6.00. The number of fused-ring (bicyclic) bond motifs is 2. The molecule has 2 fully saturated rings. The van der Waals surface area contributed by atoms with Crippen molar-refractivity contribution in [1.82, 2.24) is 9.80 Å². The average Bonchev–Trinajstić information content (AvgIpc) is 3.15. The number of carbonyl (C=O) groups excluding carboxylic acids is 2. The highest BCUT2D eigenvalue weighted by Gasteiger charge is 2.55. The number of hydrogen-bond acceptors (Lipinski definition) is 4. The van der Waals surface area contributed by atoms with Gasteiger partial charge in [0.15, 0.2) is 0 Å². The van der Waals surface area contributed by atoms with Crippen LogP contribution in [0.4, 0.5) is 0 Å². The van der Waals surface area contributed by atoms with Crippen LogP contribution >= 0.6 is 0 Å². The largest absolute Gasteiger partial charge is 0.481 e. The smallest absolute Gasteiger partial charge is 0.311 e. The second-order valence-corrected chi connectivity index (χ2v) is 7.08. The highest BCUT2D eigenvalue weighted by Crippen LogP contribution is 2.42. The Kier molecular flexibility index (Phi) is 3.76. The van der Waals surface area contributed by atoms with E-state index in [-0.39, 0.29) is 30.8 Å². The van der Waals surface area contributed by atoms with E-state index in [1.165, 1.54) is 4.90 Å². The van der Waals surface area contributed by atoms with Gasteiger partial charge in [-0.25, -0.2) is 0 Å². The summed E-state index contributed by atoms with van der Waals surface area (Å²) in [5.41, 5.74) is 0.651. The number of carbonyl (C=O) groups is 3. The van der Waals surface area contributed by atoms with Gasteiger partial charge in [-0.3, -0.25) is 14.4 Å². The number of carboxylic acids is 1. The van der Waals surface area contributed by atoms with Crippen LogP contribution in [0.2, 0.25) is 0 Å². The normalized spacial score (nSPS) is 28.0. The summed E-state index contributed by atoms with van der Waals surface area (Å²) in [6, 6.07) is 7.34. The number of hydrogen-bond donors (Lipinski definition) is 1. The van der Waals surface area contributed by atoms with E-state index in [9.17, 15) is 19.5 Å². The molecule has 1 aromatic carbocycles. The first kappa shape index (κ1) is 16.1. The van der Waals surface area contributed by atoms with Gasteiger partial charge in [0.2, 0.25) is 5.91 Å². The van der Waals surface area contributed by atoms with Crippen molar-refractivity contribution in [1.29, 1.82) is 0 Å². The summed E-state index contributed by atoms with van der Waals surface area (Å²) >= 11 is 0. The molecular weight excluding hydrogens is 324 g/mol. The van der Waals surface area contributed by atoms with Gasteiger partial charge in [-0.05, 0) is 18.1 Å². The molecule has 2 saturated heterocycles. The number of ether oxygens (including phenoxy) is 1. The van der Waals surface area contributed by atoms with Crippen LogP contribution in [0.3, 0.4) is 0 Å². The van der Waals surface area contributed by atoms with Crippen LogP contribution in [0, 0.1) is 11.3 Å². The number of aliphatic carboxylic acids is 1. The monoisotopic (exact) mass is 344 g/mol. The predicted octanol–water partition coefficient (Wildman–Crippen LogP) is 0.592. The SMILES string of the molecule is O=C(CN1Cc2ccccc2C1=O)N1C[C@H]2COCC[C@@]2(C(=O)O)C1.